The van der Waals surface area contributed by atoms with Crippen LogP contribution < -0.4 is 14.4 Å². The highest BCUT2D eigenvalue weighted by Crippen LogP contribution is 2.35. The van der Waals surface area contributed by atoms with Gasteiger partial charge in [-0.25, -0.2) is 13.3 Å². The third-order valence-corrected chi connectivity index (χ3v) is 8.32. The molecule has 0 saturated carbocycles. The first-order valence-electron chi connectivity index (χ1n) is 10.8. The van der Waals surface area contributed by atoms with E-state index in [0.717, 1.165) is 9.21 Å². The molecule has 1 unspecified atom stereocenters. The number of halogens is 1. The minimum atomic E-state index is -4.19. The molecule has 2 aliphatic heterocycles. The molecule has 0 aliphatic carbocycles. The van der Waals surface area contributed by atoms with Gasteiger partial charge in [-0.2, -0.15) is 9.57 Å². The monoisotopic (exact) mass is 567 g/mol. The number of imide groups is 1. The van der Waals surface area contributed by atoms with Crippen molar-refractivity contribution in [3.8, 4) is 17.6 Å². The predicted molar refractivity (Wildman–Crippen MR) is 131 cm³/mol. The summed E-state index contributed by atoms with van der Waals surface area (Å²) in [6.45, 7) is -0.102. The molecular weight excluding hydrogens is 550 g/mol. The van der Waals surface area contributed by atoms with E-state index in [9.17, 15) is 18.0 Å². The first kappa shape index (κ1) is 24.0. The van der Waals surface area contributed by atoms with E-state index in [1.165, 1.54) is 36.4 Å². The fourth-order valence-electron chi connectivity index (χ4n) is 4.12. The van der Waals surface area contributed by atoms with Crippen LogP contribution in [0, 0.1) is 11.3 Å². The van der Waals surface area contributed by atoms with Gasteiger partial charge in [-0.1, -0.05) is 22.0 Å². The third-order valence-electron chi connectivity index (χ3n) is 5.92. The average Bonchev–Trinajstić information content (AvgIpc) is 3.46. The molecule has 1 fully saturated rings. The van der Waals surface area contributed by atoms with Gasteiger partial charge >= 0.3 is 0 Å². The summed E-state index contributed by atoms with van der Waals surface area (Å²) in [6.07, 6.45) is -0.320. The maximum atomic E-state index is 13.8. The van der Waals surface area contributed by atoms with Crippen molar-refractivity contribution in [3.05, 3.63) is 82.3 Å². The highest BCUT2D eigenvalue weighted by atomic mass is 79.9. The predicted octanol–water partition coefficient (Wildman–Crippen LogP) is 3.57. The molecule has 1 atom stereocenters. The number of benzene rings is 3. The van der Waals surface area contributed by atoms with Gasteiger partial charge in [0.2, 0.25) is 22.7 Å². The van der Waals surface area contributed by atoms with Crippen molar-refractivity contribution in [2.45, 2.75) is 23.9 Å². The number of fused-ring (bicyclic) bond motifs is 1. The lowest BCUT2D eigenvalue weighted by Crippen LogP contribution is -2.45. The number of sulfonamides is 1. The molecular formula is C25H18BrN3O6S. The minimum Gasteiger partial charge on any atom is -0.454 e. The summed E-state index contributed by atoms with van der Waals surface area (Å²) in [5.74, 6) is -0.177. The second-order valence-corrected chi connectivity index (χ2v) is 10.9. The van der Waals surface area contributed by atoms with Gasteiger partial charge in [-0.05, 0) is 66.2 Å². The zero-order chi connectivity index (χ0) is 25.4. The number of anilines is 1. The van der Waals surface area contributed by atoms with E-state index in [2.05, 4.69) is 15.9 Å². The zero-order valence-corrected chi connectivity index (χ0v) is 21.0. The molecule has 36 heavy (non-hydrogen) atoms. The average molecular weight is 568 g/mol. The van der Waals surface area contributed by atoms with Crippen LogP contribution >= 0.6 is 15.9 Å². The highest BCUT2D eigenvalue weighted by molar-refractivity contribution is 9.10. The summed E-state index contributed by atoms with van der Waals surface area (Å²) in [5, 5.41) is 9.04. The van der Waals surface area contributed by atoms with Crippen LogP contribution in [0.15, 0.2) is 76.1 Å². The van der Waals surface area contributed by atoms with Crippen LogP contribution in [-0.4, -0.2) is 37.4 Å². The number of hydrogen-bond acceptors (Lipinski definition) is 7. The SMILES string of the molecule is N#Cc1ccc(N2C(=O)CC(N(Cc3ccc4c(c3)OCO4)S(=O)(=O)c3ccc(Br)cc3)C2=O)cc1. The Hall–Kier alpha value is -3.72. The van der Waals surface area contributed by atoms with E-state index in [1.54, 1.807) is 30.3 Å². The van der Waals surface area contributed by atoms with Crippen molar-refractivity contribution in [1.29, 1.82) is 5.26 Å². The molecule has 0 aromatic heterocycles. The number of carbonyl (C=O) groups is 2. The maximum Gasteiger partial charge on any atom is 0.252 e. The van der Waals surface area contributed by atoms with E-state index in [0.29, 0.717) is 27.1 Å². The fourth-order valence-corrected chi connectivity index (χ4v) is 5.95. The first-order valence-corrected chi connectivity index (χ1v) is 13.0. The van der Waals surface area contributed by atoms with Crippen molar-refractivity contribution < 1.29 is 27.5 Å². The van der Waals surface area contributed by atoms with Crippen LogP contribution in [0.3, 0.4) is 0 Å². The molecule has 182 valence electrons. The van der Waals surface area contributed by atoms with Crippen molar-refractivity contribution in [2.24, 2.45) is 0 Å². The summed E-state index contributed by atoms with van der Waals surface area (Å²) >= 11 is 3.30. The van der Waals surface area contributed by atoms with Gasteiger partial charge in [-0.3, -0.25) is 9.59 Å². The van der Waals surface area contributed by atoms with Gasteiger partial charge in [0.15, 0.2) is 11.5 Å². The second-order valence-electron chi connectivity index (χ2n) is 8.14. The molecule has 0 N–H and O–H groups in total. The van der Waals surface area contributed by atoms with Crippen LogP contribution in [0.25, 0.3) is 0 Å². The van der Waals surface area contributed by atoms with Crippen LogP contribution in [-0.2, 0) is 26.2 Å². The zero-order valence-electron chi connectivity index (χ0n) is 18.6. The lowest BCUT2D eigenvalue weighted by molar-refractivity contribution is -0.122. The molecule has 3 aromatic carbocycles. The van der Waals surface area contributed by atoms with Gasteiger partial charge in [0.1, 0.15) is 6.04 Å². The standard InChI is InChI=1S/C25H18BrN3O6S/c26-18-4-8-20(9-5-18)36(32,33)28(14-17-3-10-22-23(11-17)35-15-34-22)21-12-24(30)29(25(21)31)19-6-1-16(13-27)2-7-19/h1-11,21H,12,14-15H2. The van der Waals surface area contributed by atoms with Crippen LogP contribution in [0.5, 0.6) is 11.5 Å². The minimum absolute atomic E-state index is 0.0106. The van der Waals surface area contributed by atoms with E-state index >= 15 is 0 Å². The fraction of sp³-hybridized carbons (Fsp3) is 0.160. The number of rotatable bonds is 6. The maximum absolute atomic E-state index is 13.8. The van der Waals surface area contributed by atoms with Crippen molar-refractivity contribution >= 4 is 43.5 Å². The summed E-state index contributed by atoms with van der Waals surface area (Å²) in [5.41, 5.74) is 1.21. The number of ether oxygens (including phenoxy) is 2. The first-order chi connectivity index (χ1) is 17.3. The summed E-state index contributed by atoms with van der Waals surface area (Å²) in [7, 11) is -4.19. The molecule has 0 spiro atoms. The Labute approximate surface area is 215 Å². The molecule has 9 nitrogen and oxygen atoms in total. The number of nitrogens with zero attached hydrogens (tertiary/aromatic N) is 3. The van der Waals surface area contributed by atoms with Gasteiger partial charge in [0, 0.05) is 11.0 Å². The second kappa shape index (κ2) is 9.39. The molecule has 0 bridgehead atoms. The Balaban J connectivity index is 1.53. The van der Waals surface area contributed by atoms with E-state index in [4.69, 9.17) is 14.7 Å². The number of carbonyl (C=O) groups excluding carboxylic acids is 2. The Kier molecular flexibility index (Phi) is 6.26. The molecule has 0 radical (unpaired) electrons. The molecule has 1 saturated heterocycles. The number of amides is 2. The lowest BCUT2D eigenvalue weighted by Gasteiger charge is -2.27. The largest absolute Gasteiger partial charge is 0.454 e. The van der Waals surface area contributed by atoms with E-state index in [1.807, 2.05) is 6.07 Å². The summed E-state index contributed by atoms with van der Waals surface area (Å²) in [4.78, 5) is 27.4. The Morgan fingerprint density at radius 2 is 1.69 bits per heavy atom. The molecule has 2 heterocycles. The summed E-state index contributed by atoms with van der Waals surface area (Å²) < 4.78 is 40.1. The Morgan fingerprint density at radius 3 is 2.39 bits per heavy atom. The third kappa shape index (κ3) is 4.35. The van der Waals surface area contributed by atoms with Crippen LogP contribution in [0.1, 0.15) is 17.5 Å². The van der Waals surface area contributed by atoms with E-state index in [-0.39, 0.29) is 30.3 Å². The number of hydrogen-bond donors (Lipinski definition) is 0. The number of nitriles is 1. The Morgan fingerprint density at radius 1 is 1.00 bits per heavy atom. The molecule has 11 heteroatoms. The van der Waals surface area contributed by atoms with Crippen molar-refractivity contribution in [2.75, 3.05) is 11.7 Å². The molecule has 2 amide bonds. The van der Waals surface area contributed by atoms with Crippen LogP contribution in [0.4, 0.5) is 5.69 Å². The van der Waals surface area contributed by atoms with E-state index < -0.39 is 27.9 Å². The van der Waals surface area contributed by atoms with Crippen molar-refractivity contribution in [3.63, 3.8) is 0 Å². The smallest absolute Gasteiger partial charge is 0.252 e. The van der Waals surface area contributed by atoms with Gasteiger partial charge < -0.3 is 9.47 Å². The van der Waals surface area contributed by atoms with Gasteiger partial charge in [-0.15, -0.1) is 0 Å². The van der Waals surface area contributed by atoms with Gasteiger partial charge in [0.25, 0.3) is 5.91 Å². The quantitative estimate of drug-likeness (QED) is 0.418. The lowest BCUT2D eigenvalue weighted by atomic mass is 10.1. The molecule has 3 aromatic rings. The Bertz CT molecular complexity index is 1500. The summed E-state index contributed by atoms with van der Waals surface area (Å²) in [6, 6.07) is 17.8. The van der Waals surface area contributed by atoms with Crippen molar-refractivity contribution in [1.82, 2.24) is 4.31 Å². The van der Waals surface area contributed by atoms with Gasteiger partial charge in [0.05, 0.1) is 28.6 Å². The molecule has 5 rings (SSSR count). The topological polar surface area (TPSA) is 117 Å². The normalized spacial score (nSPS) is 17.0. The van der Waals surface area contributed by atoms with Crippen LogP contribution in [0.2, 0.25) is 0 Å². The highest BCUT2D eigenvalue weighted by Gasteiger charge is 2.47. The molecule has 2 aliphatic rings.